The van der Waals surface area contributed by atoms with Gasteiger partial charge >= 0.3 is 0 Å². The quantitative estimate of drug-likeness (QED) is 0.779. The second kappa shape index (κ2) is 8.79. The summed E-state index contributed by atoms with van der Waals surface area (Å²) in [5.74, 6) is -0.533. The molecule has 0 atom stereocenters. The first-order valence-corrected chi connectivity index (χ1v) is 10.2. The van der Waals surface area contributed by atoms with Crippen LogP contribution in [0.15, 0.2) is 47.4 Å². The van der Waals surface area contributed by atoms with E-state index in [1.807, 2.05) is 24.3 Å². The van der Waals surface area contributed by atoms with Gasteiger partial charge in [0, 0.05) is 26.2 Å². The van der Waals surface area contributed by atoms with Crippen LogP contribution in [0.4, 0.5) is 4.39 Å². The van der Waals surface area contributed by atoms with Gasteiger partial charge in [0.25, 0.3) is 0 Å². The second-order valence-corrected chi connectivity index (χ2v) is 8.01. The molecule has 6 nitrogen and oxygen atoms in total. The molecule has 27 heavy (non-hydrogen) atoms. The zero-order valence-corrected chi connectivity index (χ0v) is 16.0. The molecule has 8 heteroatoms. The van der Waals surface area contributed by atoms with Gasteiger partial charge < -0.3 is 9.47 Å². The molecule has 0 radical (unpaired) electrons. The lowest BCUT2D eigenvalue weighted by atomic mass is 10.1. The third kappa shape index (κ3) is 5.04. The average Bonchev–Trinajstić information content (AvgIpc) is 2.68. The molecule has 0 unspecified atom stereocenters. The number of hydrogen-bond acceptors (Lipinski definition) is 5. The molecule has 1 N–H and O–H groups in total. The molecular formula is C19H23FN2O4S. The molecule has 0 aromatic heterocycles. The lowest BCUT2D eigenvalue weighted by Crippen LogP contribution is -2.36. The summed E-state index contributed by atoms with van der Waals surface area (Å²) >= 11 is 0. The Morgan fingerprint density at radius 1 is 1.15 bits per heavy atom. The van der Waals surface area contributed by atoms with Crippen LogP contribution < -0.4 is 9.46 Å². The molecular weight excluding hydrogens is 371 g/mol. The number of benzene rings is 2. The van der Waals surface area contributed by atoms with Gasteiger partial charge in [-0.1, -0.05) is 24.3 Å². The monoisotopic (exact) mass is 394 g/mol. The number of sulfonamides is 1. The van der Waals surface area contributed by atoms with Gasteiger partial charge in [0.15, 0.2) is 0 Å². The molecule has 2 aromatic carbocycles. The summed E-state index contributed by atoms with van der Waals surface area (Å²) in [6.07, 6.45) is 0. The Morgan fingerprint density at radius 2 is 1.85 bits per heavy atom. The van der Waals surface area contributed by atoms with Crippen LogP contribution in [0.25, 0.3) is 0 Å². The average molecular weight is 394 g/mol. The third-order valence-corrected chi connectivity index (χ3v) is 5.91. The molecule has 0 bridgehead atoms. The zero-order valence-electron chi connectivity index (χ0n) is 15.2. The zero-order chi connectivity index (χ0) is 19.3. The Kier molecular flexibility index (Phi) is 6.43. The highest BCUT2D eigenvalue weighted by Gasteiger charge is 2.21. The Hall–Kier alpha value is -2.00. The van der Waals surface area contributed by atoms with Crippen molar-refractivity contribution in [2.45, 2.75) is 18.0 Å². The minimum atomic E-state index is -3.92. The fourth-order valence-electron chi connectivity index (χ4n) is 3.00. The number of nitrogens with zero attached hydrogens (tertiary/aromatic N) is 1. The van der Waals surface area contributed by atoms with Crippen LogP contribution in [0.5, 0.6) is 5.75 Å². The molecule has 1 saturated heterocycles. The maximum atomic E-state index is 13.5. The van der Waals surface area contributed by atoms with Crippen LogP contribution in [0, 0.1) is 5.82 Å². The van der Waals surface area contributed by atoms with E-state index >= 15 is 0 Å². The van der Waals surface area contributed by atoms with E-state index in [1.165, 1.54) is 13.2 Å². The van der Waals surface area contributed by atoms with Gasteiger partial charge in [0.1, 0.15) is 16.5 Å². The van der Waals surface area contributed by atoms with Crippen molar-refractivity contribution >= 4 is 10.0 Å². The summed E-state index contributed by atoms with van der Waals surface area (Å²) in [6.45, 7) is 3.94. The van der Waals surface area contributed by atoms with E-state index in [0.29, 0.717) is 13.2 Å². The molecule has 1 fully saturated rings. The van der Waals surface area contributed by atoms with E-state index in [-0.39, 0.29) is 17.2 Å². The number of ether oxygens (including phenoxy) is 2. The van der Waals surface area contributed by atoms with Crippen molar-refractivity contribution in [3.05, 3.63) is 59.4 Å². The van der Waals surface area contributed by atoms with Crippen molar-refractivity contribution in [2.24, 2.45) is 0 Å². The van der Waals surface area contributed by atoms with Gasteiger partial charge in [-0.3, -0.25) is 4.90 Å². The summed E-state index contributed by atoms with van der Waals surface area (Å²) in [6, 6.07) is 11.1. The summed E-state index contributed by atoms with van der Waals surface area (Å²) < 4.78 is 51.8. The Morgan fingerprint density at radius 3 is 2.56 bits per heavy atom. The van der Waals surface area contributed by atoms with Crippen LogP contribution in [0.1, 0.15) is 11.1 Å². The highest BCUT2D eigenvalue weighted by atomic mass is 32.2. The van der Waals surface area contributed by atoms with Gasteiger partial charge in [-0.2, -0.15) is 0 Å². The number of hydrogen-bond donors (Lipinski definition) is 1. The highest BCUT2D eigenvalue weighted by Crippen LogP contribution is 2.24. The largest absolute Gasteiger partial charge is 0.495 e. The normalized spacial score (nSPS) is 15.6. The minimum absolute atomic E-state index is 0.102. The van der Waals surface area contributed by atoms with Crippen LogP contribution in [0.3, 0.4) is 0 Å². The van der Waals surface area contributed by atoms with Gasteiger partial charge in [-0.15, -0.1) is 0 Å². The second-order valence-electron chi connectivity index (χ2n) is 6.28. The number of methoxy groups -OCH3 is 1. The fraction of sp³-hybridized carbons (Fsp3) is 0.368. The Balaban J connectivity index is 1.75. The lowest BCUT2D eigenvalue weighted by Gasteiger charge is -2.27. The van der Waals surface area contributed by atoms with Gasteiger partial charge in [0.2, 0.25) is 10.0 Å². The van der Waals surface area contributed by atoms with Crippen molar-refractivity contribution in [1.82, 2.24) is 9.62 Å². The number of nitrogens with one attached hydrogen (secondary N) is 1. The third-order valence-electron chi connectivity index (χ3n) is 4.48. The standard InChI is InChI=1S/C19H23FN2O4S/c1-25-18-7-6-17(20)12-19(18)27(23,24)21-13-15-4-2-3-5-16(15)14-22-8-10-26-11-9-22/h2-7,12,21H,8-11,13-14H2,1H3. The van der Waals surface area contributed by atoms with E-state index in [9.17, 15) is 12.8 Å². The van der Waals surface area contributed by atoms with Crippen molar-refractivity contribution in [1.29, 1.82) is 0 Å². The van der Waals surface area contributed by atoms with Crippen molar-refractivity contribution in [3.8, 4) is 5.75 Å². The SMILES string of the molecule is COc1ccc(F)cc1S(=O)(=O)NCc1ccccc1CN1CCOCC1. The molecule has 0 amide bonds. The Bertz CT molecular complexity index is 883. The first-order valence-electron chi connectivity index (χ1n) is 8.70. The summed E-state index contributed by atoms with van der Waals surface area (Å²) in [5, 5.41) is 0. The van der Waals surface area contributed by atoms with E-state index in [1.54, 1.807) is 0 Å². The maximum absolute atomic E-state index is 13.5. The number of morpholine rings is 1. The molecule has 1 heterocycles. The van der Waals surface area contributed by atoms with E-state index in [0.717, 1.165) is 42.9 Å². The van der Waals surface area contributed by atoms with Crippen molar-refractivity contribution in [3.63, 3.8) is 0 Å². The van der Waals surface area contributed by atoms with E-state index in [2.05, 4.69) is 9.62 Å². The summed E-state index contributed by atoms with van der Waals surface area (Å²) in [7, 11) is -2.57. The van der Waals surface area contributed by atoms with Crippen molar-refractivity contribution in [2.75, 3.05) is 33.4 Å². The first kappa shape index (κ1) is 19.8. The molecule has 146 valence electrons. The number of halogens is 1. The number of rotatable bonds is 7. The fourth-order valence-corrected chi connectivity index (χ4v) is 4.18. The molecule has 3 rings (SSSR count). The molecule has 2 aromatic rings. The summed E-state index contributed by atoms with van der Waals surface area (Å²) in [5.41, 5.74) is 1.93. The van der Waals surface area contributed by atoms with Crippen LogP contribution in [-0.2, 0) is 27.8 Å². The molecule has 1 aliphatic heterocycles. The smallest absolute Gasteiger partial charge is 0.244 e. The van der Waals surface area contributed by atoms with E-state index in [4.69, 9.17) is 9.47 Å². The maximum Gasteiger partial charge on any atom is 0.244 e. The van der Waals surface area contributed by atoms with Gasteiger partial charge in [-0.25, -0.2) is 17.5 Å². The van der Waals surface area contributed by atoms with Crippen LogP contribution in [-0.4, -0.2) is 46.7 Å². The lowest BCUT2D eigenvalue weighted by molar-refractivity contribution is 0.0341. The van der Waals surface area contributed by atoms with Crippen molar-refractivity contribution < 1.29 is 22.3 Å². The Labute approximate surface area is 159 Å². The minimum Gasteiger partial charge on any atom is -0.495 e. The topological polar surface area (TPSA) is 67.9 Å². The van der Waals surface area contributed by atoms with Crippen LogP contribution in [0.2, 0.25) is 0 Å². The molecule has 0 saturated carbocycles. The molecule has 0 spiro atoms. The predicted octanol–water partition coefficient (Wildman–Crippen LogP) is 2.15. The van der Waals surface area contributed by atoms with E-state index < -0.39 is 15.8 Å². The molecule has 1 aliphatic rings. The highest BCUT2D eigenvalue weighted by molar-refractivity contribution is 7.89. The molecule has 0 aliphatic carbocycles. The first-order chi connectivity index (χ1) is 13.0. The predicted molar refractivity (Wildman–Crippen MR) is 99.5 cm³/mol. The summed E-state index contributed by atoms with van der Waals surface area (Å²) in [4.78, 5) is 2.06. The van der Waals surface area contributed by atoms with Gasteiger partial charge in [-0.05, 0) is 29.3 Å². The van der Waals surface area contributed by atoms with Crippen LogP contribution >= 0.6 is 0 Å². The van der Waals surface area contributed by atoms with Gasteiger partial charge in [0.05, 0.1) is 20.3 Å².